The van der Waals surface area contributed by atoms with Crippen LogP contribution in [0.5, 0.6) is 0 Å². The molecule has 11 nitrogen and oxygen atoms in total. The molecule has 1 unspecified atom stereocenters. The Morgan fingerprint density at radius 3 is 2.59 bits per heavy atom. The number of aliphatic carboxylic acids is 1. The summed E-state index contributed by atoms with van der Waals surface area (Å²) in [7, 11) is 1.49. The van der Waals surface area contributed by atoms with Crippen LogP contribution in [0.25, 0.3) is 22.3 Å². The maximum atomic E-state index is 13.8. The number of carboxylic acid groups (broad SMARTS) is 1. The second-order valence-corrected chi connectivity index (χ2v) is 11.2. The number of likely N-dealkylation sites (N-methyl/N-ethyl adjacent to an activating group) is 1. The van der Waals surface area contributed by atoms with Gasteiger partial charge in [-0.2, -0.15) is 0 Å². The maximum Gasteiger partial charge on any atom is 0.411 e. The standard InChI is InChI=1S/C28H34N6O5/c1-16-29-20-10-6-8-18-19-9-7-11-23(31-19)30-17-14-22(34(15-17)27(38)39-28(2,3)4)25(35)32(5)21(26(36)37)12-13-33(16)24(18)20/h6-11,17,21-22H,12-15H2,1-5H3,(H,30,31)(H,36,37)/t17-,21?,22-/m0/s1. The van der Waals surface area contributed by atoms with Gasteiger partial charge in [0.05, 0.1) is 16.7 Å². The van der Waals surface area contributed by atoms with Gasteiger partial charge in [-0.05, 0) is 58.7 Å². The van der Waals surface area contributed by atoms with Crippen molar-refractivity contribution < 1.29 is 24.2 Å². The summed E-state index contributed by atoms with van der Waals surface area (Å²) in [6.07, 6.45) is -0.162. The summed E-state index contributed by atoms with van der Waals surface area (Å²) in [6, 6.07) is 9.24. The third kappa shape index (κ3) is 5.13. The van der Waals surface area contributed by atoms with Gasteiger partial charge in [0, 0.05) is 31.7 Å². The van der Waals surface area contributed by atoms with Gasteiger partial charge in [-0.15, -0.1) is 0 Å². The Hall–Kier alpha value is -4.15. The molecule has 2 aliphatic heterocycles. The Labute approximate surface area is 226 Å². The third-order valence-electron chi connectivity index (χ3n) is 7.28. The zero-order valence-electron chi connectivity index (χ0n) is 22.8. The number of aromatic nitrogens is 3. The third-order valence-corrected chi connectivity index (χ3v) is 7.28. The number of carbonyl (C=O) groups is 3. The molecule has 206 valence electrons. The minimum Gasteiger partial charge on any atom is -0.480 e. The zero-order chi connectivity index (χ0) is 28.1. The summed E-state index contributed by atoms with van der Waals surface area (Å²) in [4.78, 5) is 51.5. The lowest BCUT2D eigenvalue weighted by molar-refractivity contribution is -0.151. The van der Waals surface area contributed by atoms with Crippen LogP contribution in [0, 0.1) is 6.92 Å². The van der Waals surface area contributed by atoms with Crippen molar-refractivity contribution in [1.82, 2.24) is 24.3 Å². The van der Waals surface area contributed by atoms with Crippen molar-refractivity contribution in [2.75, 3.05) is 18.9 Å². The van der Waals surface area contributed by atoms with Crippen molar-refractivity contribution in [1.29, 1.82) is 0 Å². The summed E-state index contributed by atoms with van der Waals surface area (Å²) in [5.74, 6) is -0.199. The first-order chi connectivity index (χ1) is 18.4. The fourth-order valence-corrected chi connectivity index (χ4v) is 5.48. The predicted molar refractivity (Wildman–Crippen MR) is 145 cm³/mol. The molecule has 0 saturated carbocycles. The Morgan fingerprint density at radius 2 is 1.87 bits per heavy atom. The van der Waals surface area contributed by atoms with E-state index in [-0.39, 0.29) is 19.0 Å². The molecule has 2 N–H and O–H groups in total. The van der Waals surface area contributed by atoms with E-state index in [1.807, 2.05) is 47.9 Å². The van der Waals surface area contributed by atoms with Gasteiger partial charge < -0.3 is 24.6 Å². The van der Waals surface area contributed by atoms with Crippen molar-refractivity contribution in [3.63, 3.8) is 0 Å². The van der Waals surface area contributed by atoms with Crippen molar-refractivity contribution in [2.24, 2.45) is 0 Å². The van der Waals surface area contributed by atoms with E-state index >= 15 is 0 Å². The summed E-state index contributed by atoms with van der Waals surface area (Å²) in [5, 5.41) is 13.5. The average molecular weight is 535 g/mol. The largest absolute Gasteiger partial charge is 0.480 e. The molecule has 0 spiro atoms. The molecule has 2 aromatic heterocycles. The Kier molecular flexibility index (Phi) is 6.69. The molecule has 1 aromatic carbocycles. The molecule has 3 aromatic rings. The first kappa shape index (κ1) is 26.5. The smallest absolute Gasteiger partial charge is 0.411 e. The molecule has 4 bridgehead atoms. The van der Waals surface area contributed by atoms with E-state index in [1.54, 1.807) is 20.8 Å². The maximum absolute atomic E-state index is 13.8. The minimum atomic E-state index is -1.11. The van der Waals surface area contributed by atoms with Crippen LogP contribution in [0.15, 0.2) is 36.4 Å². The van der Waals surface area contributed by atoms with Gasteiger partial charge in [-0.25, -0.2) is 19.6 Å². The number of anilines is 1. The second kappa shape index (κ2) is 9.87. The highest BCUT2D eigenvalue weighted by Crippen LogP contribution is 2.31. The number of hydrogen-bond donors (Lipinski definition) is 2. The summed E-state index contributed by atoms with van der Waals surface area (Å²) < 4.78 is 7.59. The lowest BCUT2D eigenvalue weighted by Crippen LogP contribution is -2.52. The SMILES string of the molecule is Cc1nc2cccc3c2n1CCC(C(=O)O)N(C)C(=O)[C@@H]1C[C@@H](CN1C(=O)OC(C)(C)C)Nc1cccc-3n1. The number of nitrogens with one attached hydrogen (secondary N) is 1. The molecular formula is C28H34N6O5. The van der Waals surface area contributed by atoms with Crippen LogP contribution in [0.1, 0.15) is 39.4 Å². The summed E-state index contributed by atoms with van der Waals surface area (Å²) >= 11 is 0. The minimum absolute atomic E-state index is 0.159. The molecule has 3 atom stereocenters. The van der Waals surface area contributed by atoms with Gasteiger partial charge >= 0.3 is 12.1 Å². The van der Waals surface area contributed by atoms with Crippen LogP contribution in [-0.2, 0) is 20.9 Å². The van der Waals surface area contributed by atoms with Gasteiger partial charge in [0.25, 0.3) is 0 Å². The second-order valence-electron chi connectivity index (χ2n) is 11.2. The quantitative estimate of drug-likeness (QED) is 0.485. The van der Waals surface area contributed by atoms with Gasteiger partial charge in [0.1, 0.15) is 29.3 Å². The number of nitrogens with zero attached hydrogens (tertiary/aromatic N) is 5. The van der Waals surface area contributed by atoms with Crippen LogP contribution in [0.4, 0.5) is 10.6 Å². The number of pyridine rings is 1. The number of carbonyl (C=O) groups excluding carboxylic acids is 2. The average Bonchev–Trinajstić information content (AvgIpc) is 3.42. The van der Waals surface area contributed by atoms with E-state index in [0.29, 0.717) is 18.8 Å². The topological polar surface area (TPSA) is 130 Å². The predicted octanol–water partition coefficient (Wildman–Crippen LogP) is 3.51. The van der Waals surface area contributed by atoms with Crippen molar-refractivity contribution in [3.05, 3.63) is 42.2 Å². The molecule has 2 aliphatic rings. The molecule has 1 saturated heterocycles. The van der Waals surface area contributed by atoms with Gasteiger partial charge in [-0.3, -0.25) is 9.69 Å². The highest BCUT2D eigenvalue weighted by atomic mass is 16.6. The molecular weight excluding hydrogens is 500 g/mol. The highest BCUT2D eigenvalue weighted by Gasteiger charge is 2.44. The van der Waals surface area contributed by atoms with E-state index < -0.39 is 35.7 Å². The van der Waals surface area contributed by atoms with Crippen LogP contribution < -0.4 is 5.32 Å². The van der Waals surface area contributed by atoms with Crippen molar-refractivity contribution >= 4 is 34.8 Å². The van der Waals surface area contributed by atoms with Gasteiger partial charge in [0.15, 0.2) is 0 Å². The number of fused-ring (bicyclic) bond motifs is 5. The summed E-state index contributed by atoms with van der Waals surface area (Å²) in [5.41, 5.74) is 2.52. The molecule has 1 fully saturated rings. The fraction of sp³-hybridized carbons (Fsp3) is 0.464. The number of hydrogen-bond acceptors (Lipinski definition) is 7. The number of imidazole rings is 1. The Balaban J connectivity index is 1.61. The highest BCUT2D eigenvalue weighted by molar-refractivity contribution is 5.92. The number of aryl methyl sites for hydroxylation is 2. The first-order valence-corrected chi connectivity index (χ1v) is 13.1. The molecule has 0 aliphatic carbocycles. The number of ether oxygens (including phenoxy) is 1. The van der Waals surface area contributed by atoms with E-state index in [2.05, 4.69) is 5.32 Å². The number of likely N-dealkylation sites (tertiary alicyclic amines) is 1. The van der Waals surface area contributed by atoms with E-state index in [4.69, 9.17) is 14.7 Å². The van der Waals surface area contributed by atoms with Gasteiger partial charge in [0.2, 0.25) is 5.91 Å². The first-order valence-electron chi connectivity index (χ1n) is 13.1. The van der Waals surface area contributed by atoms with Gasteiger partial charge in [-0.1, -0.05) is 18.2 Å². The van der Waals surface area contributed by atoms with Crippen LogP contribution in [0.2, 0.25) is 0 Å². The number of benzene rings is 1. The molecule has 5 rings (SSSR count). The number of amides is 2. The number of carboxylic acids is 1. The monoisotopic (exact) mass is 534 g/mol. The molecule has 11 heteroatoms. The molecule has 39 heavy (non-hydrogen) atoms. The molecule has 2 amide bonds. The van der Waals surface area contributed by atoms with Crippen LogP contribution in [0.3, 0.4) is 0 Å². The normalized spacial score (nSPS) is 21.8. The van der Waals surface area contributed by atoms with E-state index in [1.165, 1.54) is 16.8 Å². The van der Waals surface area contributed by atoms with E-state index in [0.717, 1.165) is 28.1 Å². The van der Waals surface area contributed by atoms with Crippen molar-refractivity contribution in [2.45, 2.75) is 70.8 Å². The van der Waals surface area contributed by atoms with E-state index in [9.17, 15) is 19.5 Å². The molecule has 4 heterocycles. The zero-order valence-corrected chi connectivity index (χ0v) is 22.8. The fourth-order valence-electron chi connectivity index (χ4n) is 5.48. The number of rotatable bonds is 1. The molecule has 0 radical (unpaired) electrons. The number of para-hydroxylation sites is 1. The Bertz CT molecular complexity index is 1440. The lowest BCUT2D eigenvalue weighted by Gasteiger charge is -2.32. The summed E-state index contributed by atoms with van der Waals surface area (Å²) in [6.45, 7) is 7.72. The van der Waals surface area contributed by atoms with Crippen molar-refractivity contribution in [3.8, 4) is 11.3 Å². The Morgan fingerprint density at radius 1 is 1.13 bits per heavy atom. The van der Waals surface area contributed by atoms with Crippen LogP contribution >= 0.6 is 0 Å². The lowest BCUT2D eigenvalue weighted by atomic mass is 10.1. The van der Waals surface area contributed by atoms with Crippen LogP contribution in [-0.4, -0.2) is 84.7 Å².